The number of hydrogen-bond donors (Lipinski definition) is 0. The van der Waals surface area contributed by atoms with Crippen molar-refractivity contribution in [2.24, 2.45) is 0 Å². The van der Waals surface area contributed by atoms with Gasteiger partial charge in [0.05, 0.1) is 0 Å². The highest BCUT2D eigenvalue weighted by molar-refractivity contribution is 9.25. The maximum absolute atomic E-state index is 3.57. The van der Waals surface area contributed by atoms with Gasteiger partial charge >= 0.3 is 0 Å². The molecule has 1 rings (SSSR count). The van der Waals surface area contributed by atoms with Gasteiger partial charge in [0.1, 0.15) is 3.23 Å². The summed E-state index contributed by atoms with van der Waals surface area (Å²) in [6.45, 7) is 0. The second kappa shape index (κ2) is 4.58. The number of halogens is 4. The van der Waals surface area contributed by atoms with E-state index in [9.17, 15) is 0 Å². The number of alkyl halides is 3. The van der Waals surface area contributed by atoms with E-state index in [1.54, 1.807) is 0 Å². The van der Waals surface area contributed by atoms with Gasteiger partial charge in [-0.1, -0.05) is 75.9 Å². The largest absolute Gasteiger partial charge is 0.115 e. The average Bonchev–Trinajstić information content (AvgIpc) is 2.05. The third-order valence-electron chi connectivity index (χ3n) is 1.41. The first-order chi connectivity index (χ1) is 5.56. The van der Waals surface area contributed by atoms with E-state index in [0.717, 1.165) is 9.80 Å². The third-order valence-corrected chi connectivity index (χ3v) is 5.73. The highest BCUT2D eigenvalue weighted by atomic mass is 79.9. The fourth-order valence-electron chi connectivity index (χ4n) is 0.793. The summed E-state index contributed by atoms with van der Waals surface area (Å²) >= 11 is 14.0. The molecule has 1 aromatic rings. The minimum absolute atomic E-state index is 0.163. The van der Waals surface area contributed by atoms with E-state index >= 15 is 0 Å². The summed E-state index contributed by atoms with van der Waals surface area (Å²) in [5, 5.41) is 0.816. The highest BCUT2D eigenvalue weighted by Gasteiger charge is 2.23. The molecule has 0 aliphatic heterocycles. The summed E-state index contributed by atoms with van der Waals surface area (Å²) in [7, 11) is 0. The van der Waals surface area contributed by atoms with Gasteiger partial charge in [-0.2, -0.15) is 0 Å². The molecule has 0 unspecified atom stereocenters. The molecule has 0 N–H and O–H groups in total. The summed E-state index contributed by atoms with van der Waals surface area (Å²) in [6.07, 6.45) is 0. The summed E-state index contributed by atoms with van der Waals surface area (Å²) < 4.78 is 0.924. The normalized spacial score (nSPS) is 11.7. The number of rotatable bonds is 2. The van der Waals surface area contributed by atoms with Crippen LogP contribution in [0.4, 0.5) is 0 Å². The van der Waals surface area contributed by atoms with Gasteiger partial charge in [0.15, 0.2) is 0 Å². The first kappa shape index (κ1) is 11.2. The maximum Gasteiger partial charge on any atom is 0.115 e. The Kier molecular flexibility index (Phi) is 4.28. The monoisotopic (exact) mass is 418 g/mol. The van der Waals surface area contributed by atoms with Crippen molar-refractivity contribution in [3.8, 4) is 0 Å². The zero-order valence-corrected chi connectivity index (χ0v) is 12.4. The van der Waals surface area contributed by atoms with Crippen molar-refractivity contribution < 1.29 is 0 Å². The molecule has 1 aromatic carbocycles. The smallest absolute Gasteiger partial charge is 0.0900 e. The molecule has 0 spiro atoms. The molecule has 0 nitrogen and oxygen atoms in total. The van der Waals surface area contributed by atoms with E-state index in [1.165, 1.54) is 5.56 Å². The molecule has 0 saturated heterocycles. The minimum atomic E-state index is -0.163. The predicted octanol–water partition coefficient (Wildman–Crippen LogP) is 4.79. The van der Waals surface area contributed by atoms with Crippen molar-refractivity contribution in [1.29, 1.82) is 0 Å². The molecular formula is C8H6Br4. The van der Waals surface area contributed by atoms with Crippen LogP contribution in [0.2, 0.25) is 0 Å². The molecule has 0 aromatic heterocycles. The standard InChI is InChI=1S/C8H6Br4/c9-5-8(11,12)6-2-1-3-7(10)4-6/h1-4H,5H2. The van der Waals surface area contributed by atoms with Crippen LogP contribution in [0.1, 0.15) is 5.56 Å². The summed E-state index contributed by atoms with van der Waals surface area (Å²) in [5.74, 6) is 0. The molecule has 4 heteroatoms. The highest BCUT2D eigenvalue weighted by Crippen LogP contribution is 2.40. The minimum Gasteiger partial charge on any atom is -0.0900 e. The summed E-state index contributed by atoms with van der Waals surface area (Å²) in [4.78, 5) is 0. The Balaban J connectivity index is 3.03. The van der Waals surface area contributed by atoms with E-state index in [-0.39, 0.29) is 3.23 Å². The Morgan fingerprint density at radius 2 is 1.92 bits per heavy atom. The third kappa shape index (κ3) is 2.82. The molecule has 0 aliphatic rings. The zero-order chi connectivity index (χ0) is 9.19. The van der Waals surface area contributed by atoms with Crippen molar-refractivity contribution >= 4 is 63.7 Å². The van der Waals surface area contributed by atoms with Crippen LogP contribution < -0.4 is 0 Å². The molecule has 0 amide bonds. The Labute approximate surface area is 106 Å². The van der Waals surface area contributed by atoms with Crippen molar-refractivity contribution in [2.45, 2.75) is 3.23 Å². The quantitative estimate of drug-likeness (QED) is 0.603. The predicted molar refractivity (Wildman–Crippen MR) is 67.5 cm³/mol. The van der Waals surface area contributed by atoms with Crippen molar-refractivity contribution in [2.75, 3.05) is 5.33 Å². The topological polar surface area (TPSA) is 0 Å². The lowest BCUT2D eigenvalue weighted by Gasteiger charge is -2.17. The molecule has 12 heavy (non-hydrogen) atoms. The van der Waals surface area contributed by atoms with E-state index in [4.69, 9.17) is 0 Å². The van der Waals surface area contributed by atoms with Crippen LogP contribution >= 0.6 is 63.7 Å². The van der Waals surface area contributed by atoms with Gasteiger partial charge in [-0.15, -0.1) is 0 Å². The second-order valence-electron chi connectivity index (χ2n) is 2.35. The van der Waals surface area contributed by atoms with E-state index in [2.05, 4.69) is 75.9 Å². The molecule has 0 fully saturated rings. The second-order valence-corrected chi connectivity index (χ2v) is 7.60. The summed E-state index contributed by atoms with van der Waals surface area (Å²) in [6, 6.07) is 8.16. The van der Waals surface area contributed by atoms with Crippen molar-refractivity contribution in [3.63, 3.8) is 0 Å². The SMILES string of the molecule is BrCC(Br)(Br)c1cccc(Br)c1. The van der Waals surface area contributed by atoms with Crippen molar-refractivity contribution in [1.82, 2.24) is 0 Å². The van der Waals surface area contributed by atoms with Crippen LogP contribution in [0, 0.1) is 0 Å². The zero-order valence-electron chi connectivity index (χ0n) is 6.03. The lowest BCUT2D eigenvalue weighted by Crippen LogP contribution is -2.09. The van der Waals surface area contributed by atoms with Gasteiger partial charge in [0, 0.05) is 9.80 Å². The molecular weight excluding hydrogens is 416 g/mol. The van der Waals surface area contributed by atoms with Crippen LogP contribution in [0.25, 0.3) is 0 Å². The van der Waals surface area contributed by atoms with Gasteiger partial charge < -0.3 is 0 Å². The Morgan fingerprint density at radius 1 is 1.25 bits per heavy atom. The molecule has 0 heterocycles. The lowest BCUT2D eigenvalue weighted by molar-refractivity contribution is 1.08. The Bertz CT molecular complexity index is 270. The lowest BCUT2D eigenvalue weighted by atomic mass is 10.2. The average molecular weight is 422 g/mol. The van der Waals surface area contributed by atoms with E-state index < -0.39 is 0 Å². The molecule has 0 bridgehead atoms. The van der Waals surface area contributed by atoms with Gasteiger partial charge in [-0.25, -0.2) is 0 Å². The first-order valence-electron chi connectivity index (χ1n) is 3.26. The van der Waals surface area contributed by atoms with Crippen LogP contribution in [0.3, 0.4) is 0 Å². The molecule has 0 radical (unpaired) electrons. The van der Waals surface area contributed by atoms with Gasteiger partial charge in [-0.05, 0) is 17.7 Å². The van der Waals surface area contributed by atoms with Crippen LogP contribution in [-0.4, -0.2) is 5.33 Å². The van der Waals surface area contributed by atoms with Crippen molar-refractivity contribution in [3.05, 3.63) is 34.3 Å². The van der Waals surface area contributed by atoms with Crippen LogP contribution in [-0.2, 0) is 3.23 Å². The van der Waals surface area contributed by atoms with Gasteiger partial charge in [-0.3, -0.25) is 0 Å². The number of hydrogen-bond acceptors (Lipinski definition) is 0. The fourth-order valence-corrected chi connectivity index (χ4v) is 2.01. The van der Waals surface area contributed by atoms with E-state index in [1.807, 2.05) is 12.1 Å². The van der Waals surface area contributed by atoms with Gasteiger partial charge in [0.2, 0.25) is 0 Å². The van der Waals surface area contributed by atoms with Crippen LogP contribution in [0.5, 0.6) is 0 Å². The summed E-state index contributed by atoms with van der Waals surface area (Å²) in [5.41, 5.74) is 1.19. The Morgan fingerprint density at radius 3 is 2.42 bits per heavy atom. The van der Waals surface area contributed by atoms with Gasteiger partial charge in [0.25, 0.3) is 0 Å². The molecule has 0 aliphatic carbocycles. The Hall–Kier alpha value is 1.14. The molecule has 0 saturated carbocycles. The van der Waals surface area contributed by atoms with Crippen LogP contribution in [0.15, 0.2) is 28.7 Å². The number of benzene rings is 1. The maximum atomic E-state index is 3.57. The first-order valence-corrected chi connectivity index (χ1v) is 6.76. The molecule has 0 atom stereocenters. The van der Waals surface area contributed by atoms with E-state index in [0.29, 0.717) is 0 Å². The fraction of sp³-hybridized carbons (Fsp3) is 0.250. The molecule has 66 valence electrons.